The standard InChI is InChI=1S/C26H37FS6/c1-23(2,3)19-15-16(29-12-11-28-15)21(32-19)25(7,8)26(9,10)22-17-18(31-14(27)13-30-17)20(33-22)24(4,5)6/h14H,11-13H2,1-10H3. The van der Waals surface area contributed by atoms with Gasteiger partial charge >= 0.3 is 0 Å². The number of hydrogen-bond donors (Lipinski definition) is 0. The summed E-state index contributed by atoms with van der Waals surface area (Å²) in [4.78, 5) is 11.5. The van der Waals surface area contributed by atoms with Crippen LogP contribution in [0.4, 0.5) is 4.39 Å². The topological polar surface area (TPSA) is 0 Å². The van der Waals surface area contributed by atoms with Crippen LogP contribution >= 0.6 is 69.7 Å². The minimum absolute atomic E-state index is 0.0197. The summed E-state index contributed by atoms with van der Waals surface area (Å²) < 4.78 is 14.5. The molecule has 0 aromatic carbocycles. The van der Waals surface area contributed by atoms with Crippen molar-refractivity contribution >= 4 is 69.7 Å². The molecular weight excluding hydrogens is 524 g/mol. The summed E-state index contributed by atoms with van der Waals surface area (Å²) >= 11 is 11.3. The van der Waals surface area contributed by atoms with Crippen molar-refractivity contribution in [2.75, 3.05) is 17.3 Å². The zero-order chi connectivity index (χ0) is 24.6. The predicted octanol–water partition coefficient (Wildman–Crippen LogP) is 10.4. The summed E-state index contributed by atoms with van der Waals surface area (Å²) in [5.41, 5.74) is -0.747. The molecule has 4 rings (SSSR count). The van der Waals surface area contributed by atoms with Crippen LogP contribution in [0.1, 0.15) is 88.7 Å². The van der Waals surface area contributed by atoms with Gasteiger partial charge in [0.1, 0.15) is 0 Å². The van der Waals surface area contributed by atoms with Gasteiger partial charge in [-0.3, -0.25) is 0 Å². The highest BCUT2D eigenvalue weighted by atomic mass is 32.2. The van der Waals surface area contributed by atoms with Crippen LogP contribution in [0.5, 0.6) is 0 Å². The van der Waals surface area contributed by atoms with Gasteiger partial charge in [-0.15, -0.1) is 58.0 Å². The summed E-state index contributed by atoms with van der Waals surface area (Å²) in [6.45, 7) is 23.6. The van der Waals surface area contributed by atoms with Gasteiger partial charge in [0.25, 0.3) is 0 Å². The molecule has 4 heterocycles. The van der Waals surface area contributed by atoms with Gasteiger partial charge in [-0.25, -0.2) is 4.39 Å². The lowest BCUT2D eigenvalue weighted by Crippen LogP contribution is -2.40. The smallest absolute Gasteiger partial charge is 0.159 e. The van der Waals surface area contributed by atoms with Gasteiger partial charge in [-0.2, -0.15) is 0 Å². The van der Waals surface area contributed by atoms with Crippen molar-refractivity contribution in [2.24, 2.45) is 0 Å². The minimum atomic E-state index is -0.811. The van der Waals surface area contributed by atoms with Crippen LogP contribution in [0.25, 0.3) is 0 Å². The largest absolute Gasteiger partial charge is 0.234 e. The molecule has 0 saturated carbocycles. The van der Waals surface area contributed by atoms with E-state index in [-0.39, 0.29) is 21.7 Å². The Labute approximate surface area is 225 Å². The van der Waals surface area contributed by atoms with Crippen LogP contribution in [0.2, 0.25) is 0 Å². The van der Waals surface area contributed by atoms with E-state index in [9.17, 15) is 4.39 Å². The third kappa shape index (κ3) is 4.63. The predicted molar refractivity (Wildman–Crippen MR) is 155 cm³/mol. The van der Waals surface area contributed by atoms with Crippen LogP contribution in [-0.4, -0.2) is 22.8 Å². The van der Waals surface area contributed by atoms with Gasteiger partial charge in [0, 0.05) is 67.2 Å². The molecule has 0 aliphatic carbocycles. The molecular formula is C26H37FS6. The second kappa shape index (κ2) is 8.93. The van der Waals surface area contributed by atoms with Crippen molar-refractivity contribution in [3.05, 3.63) is 19.5 Å². The summed E-state index contributed by atoms with van der Waals surface area (Å²) in [6.07, 6.45) is 0. The van der Waals surface area contributed by atoms with Crippen molar-refractivity contribution in [2.45, 2.75) is 116 Å². The first-order valence-corrected chi connectivity index (χ1v) is 17.1. The molecule has 0 nitrogen and oxygen atoms in total. The van der Waals surface area contributed by atoms with E-state index in [2.05, 4.69) is 104 Å². The maximum atomic E-state index is 14.5. The highest BCUT2D eigenvalue weighted by molar-refractivity contribution is 8.06. The number of thioether (sulfide) groups is 4. The second-order valence-electron chi connectivity index (χ2n) is 12.1. The number of hydrogen-bond acceptors (Lipinski definition) is 6. The summed E-state index contributed by atoms with van der Waals surface area (Å²) in [7, 11) is 0. The fourth-order valence-electron chi connectivity index (χ4n) is 4.28. The Morgan fingerprint density at radius 3 is 1.42 bits per heavy atom. The van der Waals surface area contributed by atoms with Crippen LogP contribution < -0.4 is 0 Å². The zero-order valence-corrected chi connectivity index (χ0v) is 26.4. The number of fused-ring (bicyclic) bond motifs is 2. The van der Waals surface area contributed by atoms with E-state index in [1.165, 1.54) is 52.6 Å². The minimum Gasteiger partial charge on any atom is -0.234 e. The van der Waals surface area contributed by atoms with Crippen molar-refractivity contribution < 1.29 is 4.39 Å². The lowest BCUT2D eigenvalue weighted by Gasteiger charge is -2.42. The Morgan fingerprint density at radius 1 is 0.576 bits per heavy atom. The SMILES string of the molecule is CC(C)(C)c1sc(C(C)(C)C(C)(C)c2sc(C(C)(C)C)c3c2SCC(F)S3)c2c1SCCS2. The van der Waals surface area contributed by atoms with Crippen LogP contribution in [-0.2, 0) is 21.7 Å². The molecule has 2 aliphatic heterocycles. The number of rotatable bonds is 3. The molecule has 0 fully saturated rings. The van der Waals surface area contributed by atoms with E-state index < -0.39 is 5.50 Å². The van der Waals surface area contributed by atoms with Gasteiger partial charge in [0.2, 0.25) is 0 Å². The quantitative estimate of drug-likeness (QED) is 0.366. The van der Waals surface area contributed by atoms with E-state index in [1.54, 1.807) is 21.5 Å². The molecule has 2 aliphatic rings. The van der Waals surface area contributed by atoms with Gasteiger partial charge in [-0.1, -0.05) is 81.0 Å². The van der Waals surface area contributed by atoms with Crippen molar-refractivity contribution in [1.29, 1.82) is 0 Å². The third-order valence-electron chi connectivity index (χ3n) is 6.89. The van der Waals surface area contributed by atoms with E-state index in [0.29, 0.717) is 5.75 Å². The molecule has 0 bridgehead atoms. The molecule has 7 heteroatoms. The average molecular weight is 561 g/mol. The monoisotopic (exact) mass is 560 g/mol. The molecule has 0 saturated heterocycles. The zero-order valence-electron chi connectivity index (χ0n) is 21.5. The van der Waals surface area contributed by atoms with E-state index in [1.807, 2.05) is 11.3 Å². The molecule has 0 spiro atoms. The van der Waals surface area contributed by atoms with Crippen molar-refractivity contribution in [3.63, 3.8) is 0 Å². The molecule has 2 aromatic heterocycles. The molecule has 33 heavy (non-hydrogen) atoms. The molecule has 0 radical (unpaired) electrons. The summed E-state index contributed by atoms with van der Waals surface area (Å²) in [6, 6.07) is 0. The van der Waals surface area contributed by atoms with Gasteiger partial charge < -0.3 is 0 Å². The van der Waals surface area contributed by atoms with Crippen LogP contribution in [0, 0.1) is 0 Å². The Hall–Kier alpha value is 0.730. The maximum absolute atomic E-state index is 14.5. The fourth-order valence-corrected chi connectivity index (χ4v) is 13.8. The molecule has 0 amide bonds. The molecule has 184 valence electrons. The molecule has 1 unspecified atom stereocenters. The van der Waals surface area contributed by atoms with Gasteiger partial charge in [0.05, 0.1) is 0 Å². The molecule has 2 aromatic rings. The molecule has 1 atom stereocenters. The highest BCUT2D eigenvalue weighted by Gasteiger charge is 2.48. The highest BCUT2D eigenvalue weighted by Crippen LogP contribution is 2.61. The third-order valence-corrected chi connectivity index (χ3v) is 16.4. The second-order valence-corrected chi connectivity index (χ2v) is 18.6. The molecule has 0 N–H and O–H groups in total. The Bertz CT molecular complexity index is 1040. The first kappa shape index (κ1) is 26.8. The van der Waals surface area contributed by atoms with Crippen molar-refractivity contribution in [3.8, 4) is 0 Å². The normalized spacial score (nSPS) is 20.0. The van der Waals surface area contributed by atoms with Gasteiger partial charge in [-0.05, 0) is 10.8 Å². The number of alkyl halides is 1. The Morgan fingerprint density at radius 2 is 0.970 bits per heavy atom. The number of halogens is 1. The Balaban J connectivity index is 1.89. The van der Waals surface area contributed by atoms with Crippen molar-refractivity contribution in [1.82, 2.24) is 0 Å². The summed E-state index contributed by atoms with van der Waals surface area (Å²) in [5, 5.41) is 0. The summed E-state index contributed by atoms with van der Waals surface area (Å²) in [5.74, 6) is 2.94. The first-order valence-electron chi connectivity index (χ1n) is 11.6. The van der Waals surface area contributed by atoms with E-state index in [0.717, 1.165) is 0 Å². The van der Waals surface area contributed by atoms with E-state index >= 15 is 0 Å². The van der Waals surface area contributed by atoms with E-state index in [4.69, 9.17) is 0 Å². The first-order chi connectivity index (χ1) is 15.1. The fraction of sp³-hybridized carbons (Fsp3) is 0.692. The maximum Gasteiger partial charge on any atom is 0.159 e. The van der Waals surface area contributed by atoms with Gasteiger partial charge in [0.15, 0.2) is 5.50 Å². The van der Waals surface area contributed by atoms with Crippen LogP contribution in [0.15, 0.2) is 19.6 Å². The average Bonchev–Trinajstić information content (AvgIpc) is 3.26. The Kier molecular flexibility index (Phi) is 7.25. The van der Waals surface area contributed by atoms with Crippen LogP contribution in [0.3, 0.4) is 0 Å². The number of thiophene rings is 2. The lowest BCUT2D eigenvalue weighted by atomic mass is 9.66. The lowest BCUT2D eigenvalue weighted by molar-refractivity contribution is 0.305.